The number of ether oxygens (including phenoxy) is 1. The molecule has 180 valence electrons. The molecule has 3 heterocycles. The van der Waals surface area contributed by atoms with Gasteiger partial charge in [-0.1, -0.05) is 38.1 Å². The van der Waals surface area contributed by atoms with Crippen LogP contribution < -0.4 is 4.74 Å². The number of aromatic nitrogens is 4. The van der Waals surface area contributed by atoms with E-state index in [2.05, 4.69) is 65.2 Å². The maximum absolute atomic E-state index is 12.8. The first-order chi connectivity index (χ1) is 16.6. The summed E-state index contributed by atoms with van der Waals surface area (Å²) in [7, 11) is 1.61. The molecule has 0 N–H and O–H groups in total. The molecule has 1 atom stereocenters. The second-order valence-electron chi connectivity index (χ2n) is 8.78. The number of alkyl halides is 3. The fourth-order valence-corrected chi connectivity index (χ4v) is 3.96. The molecule has 35 heavy (non-hydrogen) atoms. The average molecular weight is 479 g/mol. The van der Waals surface area contributed by atoms with Crippen LogP contribution in [-0.4, -0.2) is 27.3 Å². The standard InChI is InChI=1S/C27H25F3N4O/c1-17(2)26(3,21-8-5-18(6-9-21)20-13-22(35-4)16-31-14-20)24-11-7-19(15-32-24)23-10-12-25(34-33-23)27(28,29)30/h5-17H,1-4H3. The van der Waals surface area contributed by atoms with E-state index in [-0.39, 0.29) is 5.92 Å². The second-order valence-corrected chi connectivity index (χ2v) is 8.78. The molecule has 5 nitrogen and oxygen atoms in total. The third-order valence-corrected chi connectivity index (χ3v) is 6.47. The van der Waals surface area contributed by atoms with Gasteiger partial charge in [-0.2, -0.15) is 13.2 Å². The van der Waals surface area contributed by atoms with Crippen molar-refractivity contribution < 1.29 is 17.9 Å². The number of halogens is 3. The summed E-state index contributed by atoms with van der Waals surface area (Å²) in [5, 5.41) is 7.03. The van der Waals surface area contributed by atoms with E-state index in [1.807, 2.05) is 18.2 Å². The Hall–Kier alpha value is -3.81. The first-order valence-corrected chi connectivity index (χ1v) is 11.1. The number of pyridine rings is 2. The van der Waals surface area contributed by atoms with E-state index in [0.29, 0.717) is 17.0 Å². The van der Waals surface area contributed by atoms with Gasteiger partial charge in [0.15, 0.2) is 5.69 Å². The largest absolute Gasteiger partial charge is 0.495 e. The van der Waals surface area contributed by atoms with Gasteiger partial charge in [-0.15, -0.1) is 10.2 Å². The molecular formula is C27H25F3N4O. The van der Waals surface area contributed by atoms with E-state index in [1.165, 1.54) is 6.07 Å². The van der Waals surface area contributed by atoms with Gasteiger partial charge in [0.2, 0.25) is 0 Å². The Labute approximate surface area is 202 Å². The fraction of sp³-hybridized carbons (Fsp3) is 0.259. The van der Waals surface area contributed by atoms with Gasteiger partial charge in [0.25, 0.3) is 0 Å². The zero-order valence-electron chi connectivity index (χ0n) is 19.8. The molecule has 0 aliphatic carbocycles. The van der Waals surface area contributed by atoms with Crippen LogP contribution in [0.3, 0.4) is 0 Å². The SMILES string of the molecule is COc1cncc(-c2ccc(C(C)(c3ccc(-c4ccc(C(F)(F)F)nn4)cn3)C(C)C)cc2)c1. The van der Waals surface area contributed by atoms with E-state index in [1.54, 1.807) is 25.7 Å². The minimum Gasteiger partial charge on any atom is -0.495 e. The maximum atomic E-state index is 12.8. The second kappa shape index (κ2) is 9.44. The van der Waals surface area contributed by atoms with Crippen LogP contribution in [0.2, 0.25) is 0 Å². The number of rotatable bonds is 6. The highest BCUT2D eigenvalue weighted by Gasteiger charge is 2.34. The van der Waals surface area contributed by atoms with Crippen molar-refractivity contribution in [3.63, 3.8) is 0 Å². The predicted molar refractivity (Wildman–Crippen MR) is 128 cm³/mol. The van der Waals surface area contributed by atoms with Crippen molar-refractivity contribution in [1.29, 1.82) is 0 Å². The van der Waals surface area contributed by atoms with Crippen molar-refractivity contribution in [3.05, 3.63) is 90.1 Å². The Bertz CT molecular complexity index is 1290. The van der Waals surface area contributed by atoms with Gasteiger partial charge >= 0.3 is 6.18 Å². The molecule has 1 unspecified atom stereocenters. The lowest BCUT2D eigenvalue weighted by Gasteiger charge is -2.34. The van der Waals surface area contributed by atoms with Gasteiger partial charge in [-0.25, -0.2) is 0 Å². The van der Waals surface area contributed by atoms with E-state index < -0.39 is 17.3 Å². The highest BCUT2D eigenvalue weighted by atomic mass is 19.4. The van der Waals surface area contributed by atoms with Gasteiger partial charge in [0.1, 0.15) is 5.75 Å². The summed E-state index contributed by atoms with van der Waals surface area (Å²) in [6.45, 7) is 6.41. The molecule has 0 aliphatic heterocycles. The van der Waals surface area contributed by atoms with Crippen molar-refractivity contribution in [1.82, 2.24) is 20.2 Å². The number of benzene rings is 1. The van der Waals surface area contributed by atoms with Gasteiger partial charge < -0.3 is 4.74 Å². The van der Waals surface area contributed by atoms with Crippen molar-refractivity contribution in [2.24, 2.45) is 5.92 Å². The molecule has 1 aromatic carbocycles. The summed E-state index contributed by atoms with van der Waals surface area (Å²) in [6.07, 6.45) is 0.567. The van der Waals surface area contributed by atoms with Gasteiger partial charge in [0.05, 0.1) is 24.7 Å². The predicted octanol–water partition coefficient (Wildman–Crippen LogP) is 6.59. The first-order valence-electron chi connectivity index (χ1n) is 11.1. The van der Waals surface area contributed by atoms with Crippen molar-refractivity contribution in [2.45, 2.75) is 32.4 Å². The zero-order valence-corrected chi connectivity index (χ0v) is 19.8. The van der Waals surface area contributed by atoms with Crippen LogP contribution in [0.4, 0.5) is 13.2 Å². The summed E-state index contributed by atoms with van der Waals surface area (Å²) in [5.41, 5.74) is 3.45. The Kier molecular flexibility index (Phi) is 6.56. The molecule has 0 saturated heterocycles. The molecule has 0 fully saturated rings. The van der Waals surface area contributed by atoms with Crippen LogP contribution in [0.1, 0.15) is 37.7 Å². The minimum absolute atomic E-state index is 0.219. The lowest BCUT2D eigenvalue weighted by Crippen LogP contribution is -2.31. The van der Waals surface area contributed by atoms with E-state index in [9.17, 15) is 13.2 Å². The zero-order chi connectivity index (χ0) is 25.2. The van der Waals surface area contributed by atoms with E-state index in [4.69, 9.17) is 4.74 Å². The molecule has 0 radical (unpaired) electrons. The molecule has 8 heteroatoms. The molecule has 3 aromatic heterocycles. The number of hydrogen-bond donors (Lipinski definition) is 0. The minimum atomic E-state index is -4.52. The summed E-state index contributed by atoms with van der Waals surface area (Å²) in [6, 6.07) is 16.2. The van der Waals surface area contributed by atoms with Crippen LogP contribution in [0, 0.1) is 5.92 Å². The van der Waals surface area contributed by atoms with Crippen LogP contribution in [0.5, 0.6) is 5.75 Å². The van der Waals surface area contributed by atoms with Crippen molar-refractivity contribution >= 4 is 0 Å². The Morgan fingerprint density at radius 3 is 2.00 bits per heavy atom. The summed E-state index contributed by atoms with van der Waals surface area (Å²) >= 11 is 0. The van der Waals surface area contributed by atoms with Crippen molar-refractivity contribution in [2.75, 3.05) is 7.11 Å². The molecule has 0 spiro atoms. The topological polar surface area (TPSA) is 60.8 Å². The monoisotopic (exact) mass is 478 g/mol. The van der Waals surface area contributed by atoms with Crippen LogP contribution in [-0.2, 0) is 11.6 Å². The van der Waals surface area contributed by atoms with Gasteiger partial charge in [-0.05, 0) is 54.3 Å². The number of hydrogen-bond acceptors (Lipinski definition) is 5. The highest BCUT2D eigenvalue weighted by Crippen LogP contribution is 2.39. The molecule has 4 rings (SSSR count). The maximum Gasteiger partial charge on any atom is 0.435 e. The number of nitrogens with zero attached hydrogens (tertiary/aromatic N) is 4. The van der Waals surface area contributed by atoms with Crippen LogP contribution >= 0.6 is 0 Å². The quantitative estimate of drug-likeness (QED) is 0.313. The first kappa shape index (κ1) is 24.3. The molecule has 0 amide bonds. The normalized spacial score (nSPS) is 13.5. The fourth-order valence-electron chi connectivity index (χ4n) is 3.96. The van der Waals surface area contributed by atoms with Crippen LogP contribution in [0.15, 0.2) is 73.2 Å². The molecule has 0 saturated carbocycles. The lowest BCUT2D eigenvalue weighted by atomic mass is 9.70. The molecular weight excluding hydrogens is 453 g/mol. The van der Waals surface area contributed by atoms with Gasteiger partial charge in [-0.3, -0.25) is 9.97 Å². The average Bonchev–Trinajstić information content (AvgIpc) is 2.88. The molecule has 0 aliphatic rings. The highest BCUT2D eigenvalue weighted by molar-refractivity contribution is 5.65. The van der Waals surface area contributed by atoms with Gasteiger partial charge in [0, 0.05) is 28.9 Å². The molecule has 4 aromatic rings. The Balaban J connectivity index is 1.63. The van der Waals surface area contributed by atoms with E-state index >= 15 is 0 Å². The van der Waals surface area contributed by atoms with Crippen LogP contribution in [0.25, 0.3) is 22.4 Å². The lowest BCUT2D eigenvalue weighted by molar-refractivity contribution is -0.141. The van der Waals surface area contributed by atoms with E-state index in [0.717, 1.165) is 28.5 Å². The summed E-state index contributed by atoms with van der Waals surface area (Å²) < 4.78 is 43.6. The molecule has 0 bridgehead atoms. The smallest absolute Gasteiger partial charge is 0.435 e. The van der Waals surface area contributed by atoms with Crippen molar-refractivity contribution in [3.8, 4) is 28.1 Å². The third-order valence-electron chi connectivity index (χ3n) is 6.47. The summed E-state index contributed by atoms with van der Waals surface area (Å²) in [5.74, 6) is 0.914. The summed E-state index contributed by atoms with van der Waals surface area (Å²) in [4.78, 5) is 8.91. The third kappa shape index (κ3) is 4.87. The Morgan fingerprint density at radius 2 is 1.46 bits per heavy atom. The number of methoxy groups -OCH3 is 1. The Morgan fingerprint density at radius 1 is 0.771 bits per heavy atom.